The number of methoxy groups -OCH3 is 3. The van der Waals surface area contributed by atoms with Crippen LogP contribution >= 0.6 is 0 Å². The van der Waals surface area contributed by atoms with Crippen LogP contribution in [-0.4, -0.2) is 55.7 Å². The Balaban J connectivity index is 1.52. The number of rotatable bonds is 10. The highest BCUT2D eigenvalue weighted by atomic mass is 19.1. The number of benzene rings is 2. The Morgan fingerprint density at radius 3 is 2.39 bits per heavy atom. The highest BCUT2D eigenvalue weighted by Gasteiger charge is 2.39. The summed E-state index contributed by atoms with van der Waals surface area (Å²) >= 11 is 0. The lowest BCUT2D eigenvalue weighted by atomic mass is 10.1. The first-order valence-electron chi connectivity index (χ1n) is 11.6. The van der Waals surface area contributed by atoms with Crippen LogP contribution in [0.15, 0.2) is 58.3 Å². The quantitative estimate of drug-likeness (QED) is 0.393. The molecule has 1 fully saturated rings. The van der Waals surface area contributed by atoms with E-state index < -0.39 is 41.5 Å². The van der Waals surface area contributed by atoms with Crippen molar-refractivity contribution in [2.24, 2.45) is 0 Å². The molecule has 0 spiro atoms. The van der Waals surface area contributed by atoms with Gasteiger partial charge in [-0.15, -0.1) is 0 Å². The van der Waals surface area contributed by atoms with Crippen molar-refractivity contribution in [3.05, 3.63) is 86.4 Å². The van der Waals surface area contributed by atoms with Crippen molar-refractivity contribution < 1.29 is 37.6 Å². The summed E-state index contributed by atoms with van der Waals surface area (Å²) in [6, 6.07) is 12.3. The zero-order chi connectivity index (χ0) is 27.2. The molecule has 1 aliphatic rings. The van der Waals surface area contributed by atoms with E-state index in [1.165, 1.54) is 33.5 Å². The summed E-state index contributed by atoms with van der Waals surface area (Å²) in [5.41, 5.74) is -0.915. The van der Waals surface area contributed by atoms with Crippen LogP contribution in [0.1, 0.15) is 28.6 Å². The second-order valence-corrected chi connectivity index (χ2v) is 8.36. The van der Waals surface area contributed by atoms with Gasteiger partial charge in [-0.3, -0.25) is 14.3 Å². The van der Waals surface area contributed by atoms with Gasteiger partial charge in [-0.25, -0.2) is 9.59 Å². The number of hydrogen-bond acceptors (Lipinski definition) is 9. The summed E-state index contributed by atoms with van der Waals surface area (Å²) in [6.45, 7) is -0.000169. The Kier molecular flexibility index (Phi) is 8.44. The number of esters is 1. The van der Waals surface area contributed by atoms with Crippen molar-refractivity contribution >= 4 is 5.97 Å². The molecular formula is C26H27FN2O9. The number of ether oxygens (including phenoxy) is 6. The predicted octanol–water partition coefficient (Wildman–Crippen LogP) is 2.43. The van der Waals surface area contributed by atoms with E-state index >= 15 is 0 Å². The SMILES string of the molecule is COc1cc(C(=O)OC[C@H]2O[C@@H](n3cc(F)c(=O)[nH]c3=O)C[C@@H]2OCc2ccccc2)cc(OC)c1OC. The van der Waals surface area contributed by atoms with E-state index in [-0.39, 0.29) is 36.7 Å². The molecule has 3 aromatic rings. The number of nitrogens with zero attached hydrogens (tertiary/aromatic N) is 1. The van der Waals surface area contributed by atoms with Crippen LogP contribution in [0.25, 0.3) is 0 Å². The van der Waals surface area contributed by atoms with Gasteiger partial charge >= 0.3 is 11.7 Å². The average molecular weight is 531 g/mol. The van der Waals surface area contributed by atoms with Gasteiger partial charge in [-0.2, -0.15) is 4.39 Å². The maximum atomic E-state index is 13.9. The van der Waals surface area contributed by atoms with Crippen LogP contribution in [0, 0.1) is 5.82 Å². The van der Waals surface area contributed by atoms with Crippen LogP contribution in [0.3, 0.4) is 0 Å². The maximum absolute atomic E-state index is 13.9. The highest BCUT2D eigenvalue weighted by molar-refractivity contribution is 5.91. The minimum atomic E-state index is -1.13. The fraction of sp³-hybridized carbons (Fsp3) is 0.346. The predicted molar refractivity (Wildman–Crippen MR) is 131 cm³/mol. The number of hydrogen-bond donors (Lipinski definition) is 1. The van der Waals surface area contributed by atoms with E-state index in [1.54, 1.807) is 0 Å². The third kappa shape index (κ3) is 5.87. The molecule has 11 nitrogen and oxygen atoms in total. The second kappa shape index (κ2) is 11.9. The highest BCUT2D eigenvalue weighted by Crippen LogP contribution is 2.38. The van der Waals surface area contributed by atoms with Gasteiger partial charge in [0.1, 0.15) is 18.9 Å². The van der Waals surface area contributed by atoms with Gasteiger partial charge in [-0.05, 0) is 17.7 Å². The first kappa shape index (κ1) is 26.9. The van der Waals surface area contributed by atoms with Crippen molar-refractivity contribution in [3.63, 3.8) is 0 Å². The van der Waals surface area contributed by atoms with E-state index in [9.17, 15) is 18.8 Å². The van der Waals surface area contributed by atoms with Gasteiger partial charge in [-0.1, -0.05) is 30.3 Å². The lowest BCUT2D eigenvalue weighted by molar-refractivity contribution is -0.0709. The Hall–Kier alpha value is -4.16. The molecule has 0 unspecified atom stereocenters. The average Bonchev–Trinajstić information content (AvgIpc) is 3.34. The number of halogens is 1. The number of aromatic amines is 1. The fourth-order valence-corrected chi connectivity index (χ4v) is 4.09. The van der Waals surface area contributed by atoms with E-state index in [2.05, 4.69) is 0 Å². The zero-order valence-corrected chi connectivity index (χ0v) is 21.0. The number of aromatic nitrogens is 2. The Morgan fingerprint density at radius 2 is 1.76 bits per heavy atom. The molecule has 1 saturated heterocycles. The van der Waals surface area contributed by atoms with Gasteiger partial charge in [0, 0.05) is 6.42 Å². The summed E-state index contributed by atoms with van der Waals surface area (Å²) in [7, 11) is 4.30. The molecule has 0 bridgehead atoms. The lowest BCUT2D eigenvalue weighted by Gasteiger charge is -2.19. The number of nitrogens with one attached hydrogen (secondary N) is 1. The van der Waals surface area contributed by atoms with Crippen molar-refractivity contribution in [1.82, 2.24) is 9.55 Å². The first-order valence-corrected chi connectivity index (χ1v) is 11.6. The molecule has 1 aromatic heterocycles. The normalized spacial score (nSPS) is 18.7. The Morgan fingerprint density at radius 1 is 1.08 bits per heavy atom. The van der Waals surface area contributed by atoms with Gasteiger partial charge in [0.15, 0.2) is 11.5 Å². The molecular weight excluding hydrogens is 503 g/mol. The third-order valence-electron chi connectivity index (χ3n) is 6.00. The molecule has 12 heteroatoms. The maximum Gasteiger partial charge on any atom is 0.338 e. The van der Waals surface area contributed by atoms with Crippen LogP contribution in [-0.2, 0) is 20.8 Å². The molecule has 1 N–H and O–H groups in total. The second-order valence-electron chi connectivity index (χ2n) is 8.36. The third-order valence-corrected chi connectivity index (χ3v) is 6.00. The van der Waals surface area contributed by atoms with E-state index in [4.69, 9.17) is 28.4 Å². The summed E-state index contributed by atoms with van der Waals surface area (Å²) < 4.78 is 48.2. The van der Waals surface area contributed by atoms with E-state index in [0.717, 1.165) is 16.3 Å². The Bertz CT molecular complexity index is 1360. The monoisotopic (exact) mass is 530 g/mol. The molecule has 2 aromatic carbocycles. The van der Waals surface area contributed by atoms with Gasteiger partial charge in [0.25, 0.3) is 5.56 Å². The lowest BCUT2D eigenvalue weighted by Crippen LogP contribution is -2.34. The van der Waals surface area contributed by atoms with Crippen LogP contribution in [0.4, 0.5) is 4.39 Å². The Labute approximate surface area is 216 Å². The molecule has 0 radical (unpaired) electrons. The summed E-state index contributed by atoms with van der Waals surface area (Å²) in [4.78, 5) is 38.5. The zero-order valence-electron chi connectivity index (χ0n) is 21.0. The molecule has 0 amide bonds. The van der Waals surface area contributed by atoms with Crippen LogP contribution in [0.5, 0.6) is 17.2 Å². The van der Waals surface area contributed by atoms with Crippen LogP contribution < -0.4 is 25.5 Å². The molecule has 0 aliphatic carbocycles. The summed E-state index contributed by atoms with van der Waals surface area (Å²) in [6.07, 6.45) is -1.44. The molecule has 1 aliphatic heterocycles. The standard InChI is InChI=1S/C26H27FN2O9/c1-33-19-9-16(10-20(34-2)23(19)35-3)25(31)37-14-21-18(36-13-15-7-5-4-6-8-15)11-22(38-21)29-12-17(27)24(30)28-26(29)32/h4-10,12,18,21-22H,11,13-14H2,1-3H3,(H,28,30,32)/t18-,21+,22+/m0/s1. The summed E-state index contributed by atoms with van der Waals surface area (Å²) in [5, 5.41) is 0. The molecule has 4 rings (SSSR count). The van der Waals surface area contributed by atoms with Crippen LogP contribution in [0.2, 0.25) is 0 Å². The smallest absolute Gasteiger partial charge is 0.338 e. The van der Waals surface area contributed by atoms with E-state index in [0.29, 0.717) is 5.75 Å². The van der Waals surface area contributed by atoms with Crippen molar-refractivity contribution in [2.45, 2.75) is 31.5 Å². The van der Waals surface area contributed by atoms with Crippen molar-refractivity contribution in [2.75, 3.05) is 27.9 Å². The van der Waals surface area contributed by atoms with Crippen molar-refractivity contribution in [1.29, 1.82) is 0 Å². The van der Waals surface area contributed by atoms with Gasteiger partial charge < -0.3 is 28.4 Å². The fourth-order valence-electron chi connectivity index (χ4n) is 4.09. The summed E-state index contributed by atoms with van der Waals surface area (Å²) in [5.74, 6) is -0.946. The molecule has 0 saturated carbocycles. The van der Waals surface area contributed by atoms with Gasteiger partial charge in [0.2, 0.25) is 11.6 Å². The minimum absolute atomic E-state index is 0.143. The minimum Gasteiger partial charge on any atom is -0.493 e. The van der Waals surface area contributed by atoms with E-state index in [1.807, 2.05) is 35.3 Å². The first-order chi connectivity index (χ1) is 18.3. The molecule has 3 atom stereocenters. The van der Waals surface area contributed by atoms with Crippen molar-refractivity contribution in [3.8, 4) is 17.2 Å². The topological polar surface area (TPSA) is 127 Å². The largest absolute Gasteiger partial charge is 0.493 e. The molecule has 202 valence electrons. The number of carbonyl (C=O) groups is 1. The number of H-pyrrole nitrogens is 1. The molecule has 2 heterocycles. The van der Waals surface area contributed by atoms with Gasteiger partial charge in [0.05, 0.1) is 45.8 Å². The molecule has 38 heavy (non-hydrogen) atoms. The number of carbonyl (C=O) groups excluding carboxylic acids is 1.